The number of aromatic amines is 1. The molecule has 0 aliphatic carbocycles. The molecule has 0 spiro atoms. The first-order valence-electron chi connectivity index (χ1n) is 8.77. The molecule has 1 atom stereocenters. The van der Waals surface area contributed by atoms with Crippen LogP contribution >= 0.6 is 0 Å². The van der Waals surface area contributed by atoms with Crippen molar-refractivity contribution < 1.29 is 17.9 Å². The lowest BCUT2D eigenvalue weighted by Crippen LogP contribution is -2.42. The molecule has 1 saturated heterocycles. The maximum atomic E-state index is 12.3. The third kappa shape index (κ3) is 4.27. The number of nitrogens with one attached hydrogen (secondary N) is 2. The number of hydrogen-bond donors (Lipinski definition) is 2. The summed E-state index contributed by atoms with van der Waals surface area (Å²) in [5.74, 6) is -0.203. The van der Waals surface area contributed by atoms with Gasteiger partial charge in [0, 0.05) is 35.9 Å². The summed E-state index contributed by atoms with van der Waals surface area (Å²) in [6.07, 6.45) is -0.845. The van der Waals surface area contributed by atoms with Crippen molar-refractivity contribution in [1.29, 1.82) is 0 Å². The predicted octanol–water partition coefficient (Wildman–Crippen LogP) is 4.54. The van der Waals surface area contributed by atoms with E-state index in [0.29, 0.717) is 0 Å². The second-order valence-electron chi connectivity index (χ2n) is 6.64. The molecule has 2 N–H and O–H groups in total. The van der Waals surface area contributed by atoms with Gasteiger partial charge in [-0.3, -0.25) is 5.10 Å². The van der Waals surface area contributed by atoms with Crippen LogP contribution in [0.3, 0.4) is 0 Å². The molecular formula is C19H19F3N4O. The number of nitrogens with zero attached hydrogens (tertiary/aromatic N) is 2. The zero-order valence-corrected chi connectivity index (χ0v) is 14.5. The minimum atomic E-state index is -4.67. The third-order valence-electron chi connectivity index (χ3n) is 4.67. The highest BCUT2D eigenvalue weighted by Crippen LogP contribution is 2.27. The second kappa shape index (κ2) is 7.02. The Balaban J connectivity index is 1.41. The molecule has 1 aliphatic rings. The minimum absolute atomic E-state index is 0.203. The van der Waals surface area contributed by atoms with Crippen molar-refractivity contribution in [3.63, 3.8) is 0 Å². The van der Waals surface area contributed by atoms with Crippen molar-refractivity contribution in [2.45, 2.75) is 25.2 Å². The average molecular weight is 376 g/mol. The Morgan fingerprint density at radius 1 is 1.15 bits per heavy atom. The maximum absolute atomic E-state index is 12.3. The highest BCUT2D eigenvalue weighted by molar-refractivity contribution is 5.81. The van der Waals surface area contributed by atoms with Crippen LogP contribution in [0.5, 0.6) is 5.75 Å². The Morgan fingerprint density at radius 3 is 2.74 bits per heavy atom. The Labute approximate surface area is 154 Å². The second-order valence-corrected chi connectivity index (χ2v) is 6.64. The van der Waals surface area contributed by atoms with Crippen LogP contribution in [0.4, 0.5) is 24.5 Å². The molecule has 1 unspecified atom stereocenters. The van der Waals surface area contributed by atoms with Crippen LogP contribution < -0.4 is 15.0 Å². The standard InChI is InChI=1S/C19H19F3N4O/c20-19(21,22)27-17-7-5-16(6-8-17)26-9-1-2-15(12-26)24-14-4-3-13-11-23-25-18(13)10-14/h3-8,10-11,15,24H,1-2,9,12H2,(H,23,25). The molecule has 27 heavy (non-hydrogen) atoms. The van der Waals surface area contributed by atoms with E-state index < -0.39 is 6.36 Å². The van der Waals surface area contributed by atoms with Crippen molar-refractivity contribution in [1.82, 2.24) is 10.2 Å². The number of halogens is 3. The zero-order chi connectivity index (χ0) is 18.9. The number of aromatic nitrogens is 2. The van der Waals surface area contributed by atoms with E-state index in [1.807, 2.05) is 18.2 Å². The van der Waals surface area contributed by atoms with Gasteiger partial charge in [0.25, 0.3) is 0 Å². The van der Waals surface area contributed by atoms with Gasteiger partial charge in [-0.15, -0.1) is 13.2 Å². The molecule has 1 aliphatic heterocycles. The van der Waals surface area contributed by atoms with Crippen LogP contribution in [-0.2, 0) is 0 Å². The molecule has 5 nitrogen and oxygen atoms in total. The quantitative estimate of drug-likeness (QED) is 0.702. The summed E-state index contributed by atoms with van der Waals surface area (Å²) in [4.78, 5) is 2.17. The first kappa shape index (κ1) is 17.5. The minimum Gasteiger partial charge on any atom is -0.406 e. The Kier molecular flexibility index (Phi) is 4.55. The zero-order valence-electron chi connectivity index (χ0n) is 14.5. The van der Waals surface area contributed by atoms with E-state index in [9.17, 15) is 13.2 Å². The lowest BCUT2D eigenvalue weighted by Gasteiger charge is -2.35. The number of H-pyrrole nitrogens is 1. The molecule has 8 heteroatoms. The molecule has 3 aromatic rings. The molecule has 0 radical (unpaired) electrons. The summed E-state index contributed by atoms with van der Waals surface area (Å²) in [5.41, 5.74) is 2.89. The van der Waals surface area contributed by atoms with Crippen molar-refractivity contribution >= 4 is 22.3 Å². The summed E-state index contributed by atoms with van der Waals surface area (Å²) in [6, 6.07) is 12.4. The molecule has 2 heterocycles. The molecule has 4 rings (SSSR count). The number of anilines is 2. The first-order valence-corrected chi connectivity index (χ1v) is 8.77. The fourth-order valence-electron chi connectivity index (χ4n) is 3.45. The number of hydrogen-bond acceptors (Lipinski definition) is 4. The van der Waals surface area contributed by atoms with Crippen LogP contribution in [0.1, 0.15) is 12.8 Å². The number of alkyl halides is 3. The Morgan fingerprint density at radius 2 is 1.96 bits per heavy atom. The van der Waals surface area contributed by atoms with Crippen molar-refractivity contribution in [2.75, 3.05) is 23.3 Å². The maximum Gasteiger partial charge on any atom is 0.573 e. The summed E-state index contributed by atoms with van der Waals surface area (Å²) < 4.78 is 40.8. The molecule has 0 amide bonds. The summed E-state index contributed by atoms with van der Waals surface area (Å²) >= 11 is 0. The fraction of sp³-hybridized carbons (Fsp3) is 0.316. The van der Waals surface area contributed by atoms with E-state index in [1.165, 1.54) is 12.1 Å². The topological polar surface area (TPSA) is 53.2 Å². The number of benzene rings is 2. The van der Waals surface area contributed by atoms with Crippen LogP contribution in [0.15, 0.2) is 48.7 Å². The van der Waals surface area contributed by atoms with Gasteiger partial charge in [0.15, 0.2) is 0 Å². The van der Waals surface area contributed by atoms with Gasteiger partial charge >= 0.3 is 6.36 Å². The third-order valence-corrected chi connectivity index (χ3v) is 4.67. The van der Waals surface area contributed by atoms with E-state index in [2.05, 4.69) is 25.2 Å². The molecular weight excluding hydrogens is 357 g/mol. The van der Waals surface area contributed by atoms with E-state index in [-0.39, 0.29) is 11.8 Å². The highest BCUT2D eigenvalue weighted by atomic mass is 19.4. The SMILES string of the molecule is FC(F)(F)Oc1ccc(N2CCCC(Nc3ccc4cn[nH]c4c3)C2)cc1. The van der Waals surface area contributed by atoms with Crippen molar-refractivity contribution in [2.24, 2.45) is 0 Å². The number of fused-ring (bicyclic) bond motifs is 1. The van der Waals surface area contributed by atoms with Crippen LogP contribution in [0, 0.1) is 0 Å². The first-order chi connectivity index (χ1) is 13.0. The molecule has 0 saturated carbocycles. The molecule has 2 aromatic carbocycles. The van der Waals surface area contributed by atoms with Gasteiger partial charge in [-0.25, -0.2) is 0 Å². The smallest absolute Gasteiger partial charge is 0.406 e. The lowest BCUT2D eigenvalue weighted by molar-refractivity contribution is -0.274. The molecule has 142 valence electrons. The lowest BCUT2D eigenvalue weighted by atomic mass is 10.0. The normalized spacial score (nSPS) is 17.9. The van der Waals surface area contributed by atoms with Gasteiger partial charge in [0.2, 0.25) is 0 Å². The number of ether oxygens (including phenoxy) is 1. The monoisotopic (exact) mass is 376 g/mol. The number of piperidine rings is 1. The van der Waals surface area contributed by atoms with Gasteiger partial charge in [-0.2, -0.15) is 5.10 Å². The highest BCUT2D eigenvalue weighted by Gasteiger charge is 2.31. The van der Waals surface area contributed by atoms with Gasteiger partial charge in [-0.05, 0) is 55.3 Å². The van der Waals surface area contributed by atoms with E-state index in [0.717, 1.165) is 48.2 Å². The van der Waals surface area contributed by atoms with Crippen LogP contribution in [0.2, 0.25) is 0 Å². The summed E-state index contributed by atoms with van der Waals surface area (Å²) in [7, 11) is 0. The fourth-order valence-corrected chi connectivity index (χ4v) is 3.45. The van der Waals surface area contributed by atoms with Gasteiger partial charge in [-0.1, -0.05) is 0 Å². The summed E-state index contributed by atoms with van der Waals surface area (Å²) in [6.45, 7) is 1.65. The van der Waals surface area contributed by atoms with Gasteiger partial charge < -0.3 is 15.0 Å². The van der Waals surface area contributed by atoms with Crippen LogP contribution in [-0.4, -0.2) is 35.7 Å². The van der Waals surface area contributed by atoms with Crippen molar-refractivity contribution in [3.05, 3.63) is 48.7 Å². The van der Waals surface area contributed by atoms with E-state index >= 15 is 0 Å². The van der Waals surface area contributed by atoms with Crippen LogP contribution in [0.25, 0.3) is 10.9 Å². The summed E-state index contributed by atoms with van der Waals surface area (Å²) in [5, 5.41) is 11.6. The Bertz CT molecular complexity index is 907. The molecule has 1 fully saturated rings. The average Bonchev–Trinajstić information content (AvgIpc) is 3.09. The van der Waals surface area contributed by atoms with Crippen molar-refractivity contribution in [3.8, 4) is 5.75 Å². The Hall–Kier alpha value is -2.90. The molecule has 1 aromatic heterocycles. The van der Waals surface area contributed by atoms with E-state index in [4.69, 9.17) is 0 Å². The van der Waals surface area contributed by atoms with Gasteiger partial charge in [0.05, 0.1) is 11.7 Å². The largest absolute Gasteiger partial charge is 0.573 e. The predicted molar refractivity (Wildman–Crippen MR) is 98.1 cm³/mol. The number of rotatable bonds is 4. The van der Waals surface area contributed by atoms with Gasteiger partial charge in [0.1, 0.15) is 5.75 Å². The molecule has 0 bridgehead atoms. The van der Waals surface area contributed by atoms with E-state index in [1.54, 1.807) is 18.3 Å².